The first-order chi connectivity index (χ1) is 9.33. The number of thiazole rings is 1. The lowest BCUT2D eigenvalue weighted by Crippen LogP contribution is -1.89. The predicted molar refractivity (Wildman–Crippen MR) is 79.0 cm³/mol. The number of hydrogen-bond donors (Lipinski definition) is 1. The monoisotopic (exact) mass is 267 g/mol. The molecule has 0 aliphatic rings. The first kappa shape index (κ1) is 11.9. The van der Waals surface area contributed by atoms with E-state index in [9.17, 15) is 0 Å². The lowest BCUT2D eigenvalue weighted by atomic mass is 10.1. The highest BCUT2D eigenvalue weighted by Crippen LogP contribution is 2.31. The molecule has 0 aliphatic carbocycles. The largest absolute Gasteiger partial charge is 0.375 e. The Morgan fingerprint density at radius 3 is 2.47 bits per heavy atom. The molecule has 0 unspecified atom stereocenters. The Bertz CT molecular complexity index is 662. The highest BCUT2D eigenvalue weighted by molar-refractivity contribution is 7.15. The van der Waals surface area contributed by atoms with E-state index in [1.807, 2.05) is 42.7 Å². The van der Waals surface area contributed by atoms with Crippen molar-refractivity contribution in [3.05, 3.63) is 65.3 Å². The third kappa shape index (κ3) is 2.63. The van der Waals surface area contributed by atoms with Gasteiger partial charge in [0.2, 0.25) is 0 Å². The summed E-state index contributed by atoms with van der Waals surface area (Å²) in [5.41, 5.74) is 9.18. The molecule has 3 aromatic rings. The summed E-state index contributed by atoms with van der Waals surface area (Å²) < 4.78 is 0. The van der Waals surface area contributed by atoms with E-state index < -0.39 is 0 Å². The number of nitrogens with zero attached hydrogens (tertiary/aromatic N) is 2. The second kappa shape index (κ2) is 5.20. The summed E-state index contributed by atoms with van der Waals surface area (Å²) in [6.45, 7) is 0. The number of aromatic nitrogens is 2. The van der Waals surface area contributed by atoms with Gasteiger partial charge in [0, 0.05) is 29.3 Å². The van der Waals surface area contributed by atoms with Gasteiger partial charge in [-0.15, -0.1) is 11.3 Å². The van der Waals surface area contributed by atoms with Crippen LogP contribution in [0.15, 0.2) is 54.9 Å². The molecule has 0 radical (unpaired) electrons. The van der Waals surface area contributed by atoms with Crippen LogP contribution in [0.1, 0.15) is 10.4 Å². The number of rotatable bonds is 3. The van der Waals surface area contributed by atoms with Crippen molar-refractivity contribution < 1.29 is 0 Å². The molecule has 0 spiro atoms. The Balaban J connectivity index is 1.99. The molecule has 0 aliphatic heterocycles. The highest BCUT2D eigenvalue weighted by Gasteiger charge is 2.11. The third-order valence-electron chi connectivity index (χ3n) is 2.88. The molecule has 94 valence electrons. The molecule has 1 aromatic carbocycles. The zero-order chi connectivity index (χ0) is 13.1. The van der Waals surface area contributed by atoms with Gasteiger partial charge in [-0.25, -0.2) is 4.98 Å². The summed E-state index contributed by atoms with van der Waals surface area (Å²) in [5, 5.41) is 0.614. The minimum absolute atomic E-state index is 0.614. The second-order valence-electron chi connectivity index (χ2n) is 4.22. The predicted octanol–water partition coefficient (Wildman–Crippen LogP) is 3.38. The van der Waals surface area contributed by atoms with E-state index in [0.717, 1.165) is 17.7 Å². The Kier molecular flexibility index (Phi) is 3.25. The smallest absolute Gasteiger partial charge is 0.180 e. The van der Waals surface area contributed by atoms with Crippen LogP contribution in [0.5, 0.6) is 0 Å². The van der Waals surface area contributed by atoms with Gasteiger partial charge in [0.1, 0.15) is 0 Å². The molecule has 0 saturated carbocycles. The number of anilines is 1. The van der Waals surface area contributed by atoms with Crippen LogP contribution in [0.25, 0.3) is 11.3 Å². The summed E-state index contributed by atoms with van der Waals surface area (Å²) >= 11 is 1.55. The zero-order valence-corrected chi connectivity index (χ0v) is 11.1. The van der Waals surface area contributed by atoms with Crippen LogP contribution >= 0.6 is 11.3 Å². The van der Waals surface area contributed by atoms with Gasteiger partial charge in [-0.3, -0.25) is 4.98 Å². The molecule has 4 heteroatoms. The molecule has 0 atom stereocenters. The summed E-state index contributed by atoms with van der Waals surface area (Å²) in [5.74, 6) is 0. The average molecular weight is 267 g/mol. The SMILES string of the molecule is Nc1nc(-c2ccccc2)c(Cc2ccncc2)s1. The van der Waals surface area contributed by atoms with Gasteiger partial charge in [-0.1, -0.05) is 30.3 Å². The summed E-state index contributed by atoms with van der Waals surface area (Å²) in [6.07, 6.45) is 4.45. The normalized spacial score (nSPS) is 10.5. The van der Waals surface area contributed by atoms with E-state index in [2.05, 4.69) is 22.1 Å². The first-order valence-corrected chi connectivity index (χ1v) is 6.84. The standard InChI is InChI=1S/C15H13N3S/c16-15-18-14(12-4-2-1-3-5-12)13(19-15)10-11-6-8-17-9-7-11/h1-9H,10H2,(H2,16,18). The fourth-order valence-electron chi connectivity index (χ4n) is 2.00. The Labute approximate surface area is 115 Å². The molecule has 2 N–H and O–H groups in total. The molecule has 0 saturated heterocycles. The van der Waals surface area contributed by atoms with Crippen LogP contribution in [0.3, 0.4) is 0 Å². The van der Waals surface area contributed by atoms with Crippen molar-refractivity contribution in [2.24, 2.45) is 0 Å². The molecule has 0 bridgehead atoms. The second-order valence-corrected chi connectivity index (χ2v) is 5.34. The van der Waals surface area contributed by atoms with Crippen molar-refractivity contribution in [1.29, 1.82) is 0 Å². The van der Waals surface area contributed by atoms with Crippen LogP contribution in [-0.2, 0) is 6.42 Å². The highest BCUT2D eigenvalue weighted by atomic mass is 32.1. The van der Waals surface area contributed by atoms with Crippen LogP contribution in [0, 0.1) is 0 Å². The maximum atomic E-state index is 5.87. The fraction of sp³-hybridized carbons (Fsp3) is 0.0667. The maximum Gasteiger partial charge on any atom is 0.180 e. The quantitative estimate of drug-likeness (QED) is 0.791. The van der Waals surface area contributed by atoms with Crippen molar-refractivity contribution in [2.45, 2.75) is 6.42 Å². The minimum atomic E-state index is 0.614. The number of pyridine rings is 1. The van der Waals surface area contributed by atoms with Crippen LogP contribution in [-0.4, -0.2) is 9.97 Å². The van der Waals surface area contributed by atoms with Gasteiger partial charge in [-0.2, -0.15) is 0 Å². The van der Waals surface area contributed by atoms with Crippen LogP contribution < -0.4 is 5.73 Å². The summed E-state index contributed by atoms with van der Waals surface area (Å²) in [6, 6.07) is 14.2. The minimum Gasteiger partial charge on any atom is -0.375 e. The Morgan fingerprint density at radius 1 is 1.00 bits per heavy atom. The van der Waals surface area contributed by atoms with E-state index in [0.29, 0.717) is 5.13 Å². The topological polar surface area (TPSA) is 51.8 Å². The van der Waals surface area contributed by atoms with Crippen molar-refractivity contribution in [3.63, 3.8) is 0 Å². The lowest BCUT2D eigenvalue weighted by Gasteiger charge is -2.02. The van der Waals surface area contributed by atoms with Gasteiger partial charge in [0.15, 0.2) is 5.13 Å². The lowest BCUT2D eigenvalue weighted by molar-refractivity contribution is 1.18. The van der Waals surface area contributed by atoms with Crippen LogP contribution in [0.4, 0.5) is 5.13 Å². The number of nitrogens with two attached hydrogens (primary N) is 1. The van der Waals surface area contributed by atoms with Gasteiger partial charge in [-0.05, 0) is 17.7 Å². The molecular weight excluding hydrogens is 254 g/mol. The molecular formula is C15H13N3S. The molecule has 19 heavy (non-hydrogen) atoms. The number of nitrogen functional groups attached to an aromatic ring is 1. The van der Waals surface area contributed by atoms with Crippen molar-refractivity contribution in [2.75, 3.05) is 5.73 Å². The van der Waals surface area contributed by atoms with E-state index in [1.165, 1.54) is 10.4 Å². The average Bonchev–Trinajstić information content (AvgIpc) is 2.82. The number of hydrogen-bond acceptors (Lipinski definition) is 4. The third-order valence-corrected chi connectivity index (χ3v) is 3.76. The van der Waals surface area contributed by atoms with Gasteiger partial charge >= 0.3 is 0 Å². The van der Waals surface area contributed by atoms with Gasteiger partial charge in [0.05, 0.1) is 5.69 Å². The van der Waals surface area contributed by atoms with Crippen molar-refractivity contribution in [3.8, 4) is 11.3 Å². The first-order valence-electron chi connectivity index (χ1n) is 6.02. The van der Waals surface area contributed by atoms with Crippen LogP contribution in [0.2, 0.25) is 0 Å². The van der Waals surface area contributed by atoms with E-state index in [1.54, 1.807) is 11.3 Å². The van der Waals surface area contributed by atoms with Gasteiger partial charge in [0.25, 0.3) is 0 Å². The zero-order valence-electron chi connectivity index (χ0n) is 10.3. The molecule has 3 nitrogen and oxygen atoms in total. The Hall–Kier alpha value is -2.20. The molecule has 0 fully saturated rings. The van der Waals surface area contributed by atoms with Crippen molar-refractivity contribution >= 4 is 16.5 Å². The summed E-state index contributed by atoms with van der Waals surface area (Å²) in [7, 11) is 0. The fourth-order valence-corrected chi connectivity index (χ4v) is 2.89. The van der Waals surface area contributed by atoms with Gasteiger partial charge < -0.3 is 5.73 Å². The Morgan fingerprint density at radius 2 is 1.74 bits per heavy atom. The molecule has 3 rings (SSSR count). The van der Waals surface area contributed by atoms with E-state index in [4.69, 9.17) is 5.73 Å². The molecule has 0 amide bonds. The molecule has 2 aromatic heterocycles. The summed E-state index contributed by atoms with van der Waals surface area (Å²) in [4.78, 5) is 9.68. The maximum absolute atomic E-state index is 5.87. The van der Waals surface area contributed by atoms with Crippen molar-refractivity contribution in [1.82, 2.24) is 9.97 Å². The van der Waals surface area contributed by atoms with E-state index in [-0.39, 0.29) is 0 Å². The molecule has 2 heterocycles. The number of benzene rings is 1. The van der Waals surface area contributed by atoms with E-state index >= 15 is 0 Å².